The van der Waals surface area contributed by atoms with Gasteiger partial charge in [-0.2, -0.15) is 0 Å². The minimum Gasteiger partial charge on any atom is -0.456 e. The quantitative estimate of drug-likeness (QED) is 0.385. The highest BCUT2D eigenvalue weighted by Crippen LogP contribution is 1.82. The Morgan fingerprint density at radius 1 is 1.67 bits per heavy atom. The molecular formula is CH2B4O. The second kappa shape index (κ2) is 3.41. The smallest absolute Gasteiger partial charge is 0.272 e. The molecule has 0 rings (SSSR count). The first-order valence-corrected chi connectivity index (χ1v) is 1.59. The van der Waals surface area contributed by atoms with Crippen LogP contribution in [0.5, 0.6) is 0 Å². The van der Waals surface area contributed by atoms with E-state index >= 15 is 0 Å². The molecule has 1 atom stereocenters. The summed E-state index contributed by atoms with van der Waals surface area (Å²) in [6.45, 7) is 0. The molecule has 0 saturated carbocycles. The molecule has 0 heterocycles. The van der Waals surface area contributed by atoms with Crippen molar-refractivity contribution < 1.29 is 5.02 Å². The molecule has 0 fully saturated rings. The first kappa shape index (κ1) is 6.22. The molecular weight excluding hydrogens is 71.3 g/mol. The van der Waals surface area contributed by atoms with E-state index in [2.05, 4.69) is 0 Å². The van der Waals surface area contributed by atoms with Crippen LogP contribution in [0, 0.1) is 0 Å². The summed E-state index contributed by atoms with van der Waals surface area (Å²) in [5.74, 6) is 0. The standard InChI is InChI=1S/CH2B4O/c2-1(4-3)5-6/h1,6H. The van der Waals surface area contributed by atoms with Crippen molar-refractivity contribution in [1.82, 2.24) is 0 Å². The molecule has 6 radical (unpaired) electrons. The predicted molar refractivity (Wildman–Crippen MR) is 29.0 cm³/mol. The van der Waals surface area contributed by atoms with E-state index in [1.54, 1.807) is 0 Å². The Kier molecular flexibility index (Phi) is 3.54. The van der Waals surface area contributed by atoms with E-state index in [1.165, 1.54) is 7.17 Å². The van der Waals surface area contributed by atoms with Crippen molar-refractivity contribution in [2.24, 2.45) is 0 Å². The molecule has 0 aliphatic heterocycles. The van der Waals surface area contributed by atoms with E-state index in [0.717, 1.165) is 7.48 Å². The molecule has 1 unspecified atom stereocenters. The van der Waals surface area contributed by atoms with E-state index in [-0.39, 0.29) is 0 Å². The molecule has 0 aromatic rings. The Balaban J connectivity index is 2.75. The molecule has 0 aromatic carbocycles. The maximum absolute atomic E-state index is 7.97. The molecule has 0 aliphatic rings. The van der Waals surface area contributed by atoms with Crippen molar-refractivity contribution in [1.29, 1.82) is 0 Å². The molecule has 0 amide bonds. The van der Waals surface area contributed by atoms with Crippen LogP contribution in [0.15, 0.2) is 0 Å². The van der Waals surface area contributed by atoms with Gasteiger partial charge in [-0.3, -0.25) is 0 Å². The molecule has 1 N–H and O–H groups in total. The van der Waals surface area contributed by atoms with E-state index in [9.17, 15) is 0 Å². The topological polar surface area (TPSA) is 20.2 Å². The van der Waals surface area contributed by atoms with Crippen molar-refractivity contribution in [2.45, 2.75) is 5.62 Å². The van der Waals surface area contributed by atoms with Gasteiger partial charge in [0.05, 0.1) is 7.85 Å². The fourth-order valence-corrected chi connectivity index (χ4v) is 0.0497. The highest BCUT2D eigenvalue weighted by atomic mass is 16.2. The average Bonchev–Trinajstić information content (AvgIpc) is 1.65. The van der Waals surface area contributed by atoms with Gasteiger partial charge in [0.2, 0.25) is 0 Å². The largest absolute Gasteiger partial charge is 0.456 e. The first-order chi connectivity index (χ1) is 2.81. The van der Waals surface area contributed by atoms with Crippen LogP contribution in [0.2, 0.25) is 5.62 Å². The van der Waals surface area contributed by atoms with E-state index in [1.807, 2.05) is 0 Å². The van der Waals surface area contributed by atoms with Crippen LogP contribution in [0.3, 0.4) is 0 Å². The monoisotopic (exact) mass is 74.0 g/mol. The Labute approximate surface area is 41.8 Å². The van der Waals surface area contributed by atoms with Crippen LogP contribution in [0.1, 0.15) is 0 Å². The third kappa shape index (κ3) is 2.46. The lowest BCUT2D eigenvalue weighted by molar-refractivity contribution is 0.605. The summed E-state index contributed by atoms with van der Waals surface area (Å²) in [5.41, 5.74) is -0.481. The predicted octanol–water partition coefficient (Wildman–Crippen LogP) is -1.74. The van der Waals surface area contributed by atoms with Crippen LogP contribution >= 0.6 is 0 Å². The molecule has 6 heavy (non-hydrogen) atoms. The van der Waals surface area contributed by atoms with Gasteiger partial charge in [0, 0.05) is 14.9 Å². The van der Waals surface area contributed by atoms with Gasteiger partial charge in [-0.25, -0.2) is 0 Å². The van der Waals surface area contributed by atoms with Gasteiger partial charge >= 0.3 is 0 Å². The number of hydrogen-bond donors (Lipinski definition) is 1. The third-order valence-electron chi connectivity index (χ3n) is 0.394. The molecule has 1 nitrogen and oxygen atoms in total. The number of hydrogen-bond acceptors (Lipinski definition) is 1. The summed E-state index contributed by atoms with van der Waals surface area (Å²) in [4.78, 5) is 0. The van der Waals surface area contributed by atoms with Crippen molar-refractivity contribution in [3.63, 3.8) is 0 Å². The van der Waals surface area contributed by atoms with Gasteiger partial charge in [-0.1, -0.05) is 0 Å². The zero-order valence-corrected chi connectivity index (χ0v) is 3.33. The molecule has 24 valence electrons. The van der Waals surface area contributed by atoms with Gasteiger partial charge in [0.1, 0.15) is 0 Å². The van der Waals surface area contributed by atoms with Crippen molar-refractivity contribution >= 4 is 30.2 Å². The maximum Gasteiger partial charge on any atom is 0.272 e. The van der Waals surface area contributed by atoms with Crippen LogP contribution in [0.4, 0.5) is 0 Å². The molecule has 0 aromatic heterocycles. The zero-order chi connectivity index (χ0) is 4.99. The second-order valence-corrected chi connectivity index (χ2v) is 0.919. The Morgan fingerprint density at radius 2 is 2.17 bits per heavy atom. The van der Waals surface area contributed by atoms with Crippen molar-refractivity contribution in [3.8, 4) is 0 Å². The fraction of sp³-hybridized carbons (Fsp3) is 1.00. The summed E-state index contributed by atoms with van der Waals surface area (Å²) < 4.78 is 0. The minimum absolute atomic E-state index is 0.481. The lowest BCUT2D eigenvalue weighted by Crippen LogP contribution is -2.10. The summed E-state index contributed by atoms with van der Waals surface area (Å²) in [6, 6.07) is 0. The maximum atomic E-state index is 7.97. The molecule has 0 bridgehead atoms. The van der Waals surface area contributed by atoms with Gasteiger partial charge < -0.3 is 5.02 Å². The molecule has 0 aliphatic carbocycles. The fourth-order valence-electron chi connectivity index (χ4n) is 0.0497. The summed E-state index contributed by atoms with van der Waals surface area (Å²) in [6.07, 6.45) is 0. The highest BCUT2D eigenvalue weighted by Gasteiger charge is 1.94. The lowest BCUT2D eigenvalue weighted by atomic mass is 9.33. The van der Waals surface area contributed by atoms with Crippen LogP contribution in [0.25, 0.3) is 0 Å². The Hall–Kier alpha value is 0.220. The molecule has 0 spiro atoms. The normalized spacial score (nSPS) is 12.8. The SMILES string of the molecule is [B][B]C([B])[B]O. The summed E-state index contributed by atoms with van der Waals surface area (Å²) in [5, 5.41) is 7.97. The van der Waals surface area contributed by atoms with Crippen molar-refractivity contribution in [3.05, 3.63) is 0 Å². The molecule has 5 heteroatoms. The summed E-state index contributed by atoms with van der Waals surface area (Å²) >= 11 is 0. The summed E-state index contributed by atoms with van der Waals surface area (Å²) in [7, 11) is 11.8. The first-order valence-electron chi connectivity index (χ1n) is 1.59. The van der Waals surface area contributed by atoms with Gasteiger partial charge in [0.25, 0.3) is 7.48 Å². The zero-order valence-electron chi connectivity index (χ0n) is 3.33. The average molecular weight is 73.3 g/mol. The third-order valence-corrected chi connectivity index (χ3v) is 0.394. The van der Waals surface area contributed by atoms with Crippen molar-refractivity contribution in [2.75, 3.05) is 0 Å². The Bertz CT molecular complexity index is 26.7. The van der Waals surface area contributed by atoms with Gasteiger partial charge in [-0.15, -0.1) is 5.62 Å². The van der Waals surface area contributed by atoms with Crippen LogP contribution in [-0.4, -0.2) is 35.3 Å². The van der Waals surface area contributed by atoms with Gasteiger partial charge in [0.15, 0.2) is 0 Å². The molecule has 0 saturated heterocycles. The van der Waals surface area contributed by atoms with E-state index in [4.69, 9.17) is 20.6 Å². The van der Waals surface area contributed by atoms with E-state index in [0.29, 0.717) is 0 Å². The highest BCUT2D eigenvalue weighted by molar-refractivity contribution is 6.97. The van der Waals surface area contributed by atoms with Crippen LogP contribution < -0.4 is 0 Å². The van der Waals surface area contributed by atoms with Gasteiger partial charge in [-0.05, 0) is 0 Å². The number of rotatable bonds is 2. The lowest BCUT2D eigenvalue weighted by Gasteiger charge is -1.94. The Morgan fingerprint density at radius 3 is 2.17 bits per heavy atom. The second-order valence-electron chi connectivity index (χ2n) is 0.919. The van der Waals surface area contributed by atoms with Crippen LogP contribution in [-0.2, 0) is 0 Å². The van der Waals surface area contributed by atoms with E-state index < -0.39 is 5.62 Å². The minimum atomic E-state index is -0.481.